The van der Waals surface area contributed by atoms with Crippen molar-refractivity contribution < 1.29 is 46.1 Å². The smallest absolute Gasteiger partial charge is 0.451 e. The van der Waals surface area contributed by atoms with Crippen LogP contribution >= 0.6 is 0 Å². The average molecular weight is 604 g/mol. The first-order chi connectivity index (χ1) is 20.5. The number of halogens is 4. The van der Waals surface area contributed by atoms with E-state index in [4.69, 9.17) is 18.6 Å². The zero-order chi connectivity index (χ0) is 30.1. The number of hydrogen-bond donors (Lipinski definition) is 1. The van der Waals surface area contributed by atoms with Crippen LogP contribution in [0.2, 0.25) is 0 Å². The average Bonchev–Trinajstić information content (AvgIpc) is 3.54. The molecular formula is C28H25F4N5O6. The number of nitrogens with zero attached hydrogens (tertiary/aromatic N) is 5. The van der Waals surface area contributed by atoms with E-state index in [0.29, 0.717) is 37.4 Å². The molecule has 1 aromatic carbocycles. The number of hydrogen-bond acceptors (Lipinski definition) is 10. The van der Waals surface area contributed by atoms with Crippen molar-refractivity contribution in [3.8, 4) is 5.88 Å². The first-order valence-corrected chi connectivity index (χ1v) is 13.6. The third-order valence-corrected chi connectivity index (χ3v) is 8.31. The molecular weight excluding hydrogens is 578 g/mol. The maximum atomic E-state index is 14.4. The Morgan fingerprint density at radius 3 is 2.70 bits per heavy atom. The molecule has 6 heterocycles. The molecule has 0 unspecified atom stereocenters. The number of fused-ring (bicyclic) bond motifs is 3. The lowest BCUT2D eigenvalue weighted by molar-refractivity contribution is -0.228. The fourth-order valence-electron chi connectivity index (χ4n) is 6.02. The second-order valence-corrected chi connectivity index (χ2v) is 10.9. The van der Waals surface area contributed by atoms with Gasteiger partial charge in [-0.1, -0.05) is 12.1 Å². The highest BCUT2D eigenvalue weighted by Gasteiger charge is 2.50. The van der Waals surface area contributed by atoms with Gasteiger partial charge in [-0.05, 0) is 19.1 Å². The normalized spacial score (nSPS) is 23.7. The van der Waals surface area contributed by atoms with Crippen molar-refractivity contribution in [1.29, 1.82) is 0 Å². The zero-order valence-corrected chi connectivity index (χ0v) is 22.7. The third kappa shape index (κ3) is 4.57. The molecule has 1 spiro atoms. The molecule has 3 saturated heterocycles. The number of anilines is 2. The summed E-state index contributed by atoms with van der Waals surface area (Å²) in [6.07, 6.45) is -4.87. The number of aromatic nitrogens is 3. The monoisotopic (exact) mass is 603 g/mol. The van der Waals surface area contributed by atoms with E-state index < -0.39 is 41.5 Å². The topological polar surface area (TPSA) is 123 Å². The number of pyridine rings is 1. The quantitative estimate of drug-likeness (QED) is 0.333. The van der Waals surface area contributed by atoms with Gasteiger partial charge in [-0.3, -0.25) is 0 Å². The van der Waals surface area contributed by atoms with Crippen LogP contribution in [0.1, 0.15) is 19.2 Å². The highest BCUT2D eigenvalue weighted by molar-refractivity contribution is 6.06. The Balaban J connectivity index is 1.25. The van der Waals surface area contributed by atoms with Crippen LogP contribution in [-0.4, -0.2) is 82.7 Å². The lowest BCUT2D eigenvalue weighted by Gasteiger charge is -2.53. The molecule has 0 amide bonds. The Morgan fingerprint density at radius 2 is 1.98 bits per heavy atom. The number of benzene rings is 1. The van der Waals surface area contributed by atoms with E-state index in [0.717, 1.165) is 6.20 Å². The van der Waals surface area contributed by atoms with Gasteiger partial charge >= 0.3 is 12.1 Å². The molecule has 4 aromatic rings. The Labute approximate surface area is 241 Å². The van der Waals surface area contributed by atoms with E-state index in [9.17, 15) is 27.5 Å². The van der Waals surface area contributed by atoms with Crippen LogP contribution in [0.25, 0.3) is 22.1 Å². The first kappa shape index (κ1) is 27.6. The highest BCUT2D eigenvalue weighted by atomic mass is 19.4. The second-order valence-electron chi connectivity index (χ2n) is 10.9. The molecule has 0 aliphatic carbocycles. The Morgan fingerprint density at radius 1 is 1.19 bits per heavy atom. The third-order valence-electron chi connectivity index (χ3n) is 8.31. The van der Waals surface area contributed by atoms with Gasteiger partial charge in [-0.2, -0.15) is 13.2 Å². The van der Waals surface area contributed by atoms with Gasteiger partial charge in [0.15, 0.2) is 11.4 Å². The van der Waals surface area contributed by atoms with Crippen molar-refractivity contribution >= 4 is 39.5 Å². The number of carboxylic acid groups (broad SMARTS) is 1. The van der Waals surface area contributed by atoms with Gasteiger partial charge in [0.2, 0.25) is 11.7 Å². The fraction of sp³-hybridized carbons (Fsp3) is 0.429. The molecule has 1 N–H and O–H groups in total. The molecule has 7 rings (SSSR count). The van der Waals surface area contributed by atoms with Crippen LogP contribution in [-0.2, 0) is 20.4 Å². The summed E-state index contributed by atoms with van der Waals surface area (Å²) in [6.45, 7) is 3.33. The molecule has 3 fully saturated rings. The van der Waals surface area contributed by atoms with Crippen molar-refractivity contribution in [3.63, 3.8) is 0 Å². The maximum absolute atomic E-state index is 14.4. The van der Waals surface area contributed by atoms with Gasteiger partial charge in [0.1, 0.15) is 40.4 Å². The standard InChI is InChI=1S/C28H25F4N5O6/c1-14-27(12-40-13-27)41-7-6-36(14)18-8-15(29)10-33-24(18)42-16-9-19(25(38)39)37(11-16)23-22-21(34-26(35-23)28(30,31)32)17-4-2-3-5-20(17)43-22/h2-5,8,10,14,16,19H,6-7,9,11-13H2,1H3,(H,38,39)/t14-,16-,19-/m0/s1. The van der Waals surface area contributed by atoms with Crippen LogP contribution < -0.4 is 14.5 Å². The summed E-state index contributed by atoms with van der Waals surface area (Å²) in [5.74, 6) is -3.55. The van der Waals surface area contributed by atoms with Gasteiger partial charge in [0, 0.05) is 24.4 Å². The number of rotatable bonds is 5. The minimum Gasteiger partial charge on any atom is -0.480 e. The van der Waals surface area contributed by atoms with Crippen molar-refractivity contribution in [2.45, 2.75) is 43.3 Å². The van der Waals surface area contributed by atoms with Crippen molar-refractivity contribution in [3.05, 3.63) is 48.2 Å². The van der Waals surface area contributed by atoms with Gasteiger partial charge in [-0.25, -0.2) is 24.1 Å². The molecule has 0 radical (unpaired) electrons. The van der Waals surface area contributed by atoms with Crippen LogP contribution in [0.15, 0.2) is 40.9 Å². The van der Waals surface area contributed by atoms with Crippen molar-refractivity contribution in [1.82, 2.24) is 15.0 Å². The number of alkyl halides is 3. The number of carbonyl (C=O) groups is 1. The van der Waals surface area contributed by atoms with Gasteiger partial charge in [-0.15, -0.1) is 0 Å². The highest BCUT2D eigenvalue weighted by Crippen LogP contribution is 2.41. The van der Waals surface area contributed by atoms with E-state index >= 15 is 0 Å². The molecule has 226 valence electrons. The van der Waals surface area contributed by atoms with Gasteiger partial charge < -0.3 is 33.5 Å². The number of aliphatic carboxylic acids is 1. The number of morpholine rings is 1. The van der Waals surface area contributed by atoms with Gasteiger partial charge in [0.25, 0.3) is 0 Å². The first-order valence-electron chi connectivity index (χ1n) is 13.6. The van der Waals surface area contributed by atoms with Crippen LogP contribution in [0.4, 0.5) is 29.1 Å². The van der Waals surface area contributed by atoms with E-state index in [-0.39, 0.29) is 47.4 Å². The Kier molecular flexibility index (Phi) is 6.36. The molecule has 43 heavy (non-hydrogen) atoms. The lowest BCUT2D eigenvalue weighted by Crippen LogP contribution is -2.68. The lowest BCUT2D eigenvalue weighted by atomic mass is 9.90. The molecule has 0 saturated carbocycles. The van der Waals surface area contributed by atoms with Crippen molar-refractivity contribution in [2.24, 2.45) is 0 Å². The molecule has 3 aromatic heterocycles. The maximum Gasteiger partial charge on any atom is 0.451 e. The summed E-state index contributed by atoms with van der Waals surface area (Å²) in [6, 6.07) is 6.20. The van der Waals surface area contributed by atoms with E-state index in [2.05, 4.69) is 15.0 Å². The van der Waals surface area contributed by atoms with E-state index in [1.54, 1.807) is 24.3 Å². The molecule has 15 heteroatoms. The molecule has 3 aliphatic rings. The summed E-state index contributed by atoms with van der Waals surface area (Å²) in [5.41, 5.74) is -0.0771. The number of carboxylic acids is 1. The Hall–Kier alpha value is -4.24. The Bertz CT molecular complexity index is 1730. The minimum atomic E-state index is -4.90. The van der Waals surface area contributed by atoms with Crippen LogP contribution in [0.3, 0.4) is 0 Å². The van der Waals surface area contributed by atoms with E-state index in [1.165, 1.54) is 11.0 Å². The van der Waals surface area contributed by atoms with Crippen LogP contribution in [0.5, 0.6) is 5.88 Å². The van der Waals surface area contributed by atoms with Crippen LogP contribution in [0, 0.1) is 5.82 Å². The summed E-state index contributed by atoms with van der Waals surface area (Å²) >= 11 is 0. The minimum absolute atomic E-state index is 0.0640. The summed E-state index contributed by atoms with van der Waals surface area (Å²) < 4.78 is 79.5. The van der Waals surface area contributed by atoms with Crippen molar-refractivity contribution in [2.75, 3.05) is 42.7 Å². The fourth-order valence-corrected chi connectivity index (χ4v) is 6.02. The molecule has 0 bridgehead atoms. The predicted molar refractivity (Wildman–Crippen MR) is 143 cm³/mol. The SMILES string of the molecule is C[C@@H]1N(c2cc(F)cnc2O[C@H]2C[C@@H](C(=O)O)N(c3nc(C(F)(F)F)nc4c3oc3ccccc34)C2)CCOC12COC2. The van der Waals surface area contributed by atoms with Gasteiger partial charge in [0.05, 0.1) is 38.6 Å². The molecule has 11 nitrogen and oxygen atoms in total. The number of para-hydroxylation sites is 1. The zero-order valence-electron chi connectivity index (χ0n) is 22.7. The molecule has 3 aliphatic heterocycles. The number of furan rings is 1. The second kappa shape index (κ2) is 9.91. The largest absolute Gasteiger partial charge is 0.480 e. The summed E-state index contributed by atoms with van der Waals surface area (Å²) in [7, 11) is 0. The number of ether oxygens (including phenoxy) is 3. The van der Waals surface area contributed by atoms with E-state index in [1.807, 2.05) is 11.8 Å². The molecule has 3 atom stereocenters. The predicted octanol–water partition coefficient (Wildman–Crippen LogP) is 4.03. The summed E-state index contributed by atoms with van der Waals surface area (Å²) in [5, 5.41) is 10.4. The summed E-state index contributed by atoms with van der Waals surface area (Å²) in [4.78, 5) is 27.2.